The molecule has 0 bridgehead atoms. The van der Waals surface area contributed by atoms with E-state index in [9.17, 15) is 28.6 Å². The molecule has 2 aromatic rings. The van der Waals surface area contributed by atoms with Gasteiger partial charge in [0.2, 0.25) is 5.95 Å². The van der Waals surface area contributed by atoms with Crippen LogP contribution in [0.1, 0.15) is 12.6 Å². The van der Waals surface area contributed by atoms with Crippen LogP contribution < -0.4 is 10.6 Å². The number of phosphoric ester groups is 1. The summed E-state index contributed by atoms with van der Waals surface area (Å²) in [6.07, 6.45) is -0.522. The van der Waals surface area contributed by atoms with Crippen LogP contribution in [0.2, 0.25) is 0 Å². The van der Waals surface area contributed by atoms with Crippen LogP contribution in [0, 0.1) is 0 Å². The molecule has 0 aliphatic carbocycles. The Morgan fingerprint density at radius 1 is 1.27 bits per heavy atom. The minimum atomic E-state index is -5.89. The summed E-state index contributed by atoms with van der Waals surface area (Å²) < 4.78 is 51.9. The predicted molar refractivity (Wildman–Crippen MR) is 91.9 cm³/mol. The van der Waals surface area contributed by atoms with E-state index in [1.54, 1.807) is 0 Å². The normalized spacial score (nSPS) is 26.5. The number of hydrogen-bond acceptors (Lipinski definition) is 13. The molecule has 2 aromatic heterocycles. The van der Waals surface area contributed by atoms with Crippen LogP contribution in [-0.2, 0) is 31.6 Å². The molecule has 0 amide bonds. The lowest BCUT2D eigenvalue weighted by Gasteiger charge is -2.25. The molecule has 5 unspecified atom stereocenters. The topological polar surface area (TPSA) is 262 Å². The number of imidazole rings is 1. The molecule has 20 heteroatoms. The maximum absolute atomic E-state index is 11.7. The van der Waals surface area contributed by atoms with Gasteiger partial charge in [-0.15, -0.1) is 0 Å². The van der Waals surface area contributed by atoms with Gasteiger partial charge in [-0.1, -0.05) is 0 Å². The van der Waals surface area contributed by atoms with E-state index < -0.39 is 48.5 Å². The molecule has 5 atom stereocenters. The Kier molecular flexibility index (Phi) is 6.47. The van der Waals surface area contributed by atoms with Crippen LogP contribution in [-0.4, -0.2) is 58.1 Å². The quantitative estimate of drug-likeness (QED) is 0.271. The van der Waals surface area contributed by atoms with Gasteiger partial charge in [0.1, 0.15) is 17.8 Å². The number of ether oxygens (including phenoxy) is 1. The molecule has 3 heterocycles. The summed E-state index contributed by atoms with van der Waals surface area (Å²) in [6, 6.07) is 0. The van der Waals surface area contributed by atoms with E-state index in [0.29, 0.717) is 11.2 Å². The fourth-order valence-corrected chi connectivity index (χ4v) is 5.51. The third-order valence-corrected chi connectivity index (χ3v) is 7.41. The van der Waals surface area contributed by atoms with E-state index in [1.165, 1.54) is 17.1 Å². The highest BCUT2D eigenvalue weighted by Crippen LogP contribution is 2.64. The zero-order valence-corrected chi connectivity index (χ0v) is 17.2. The Morgan fingerprint density at radius 2 is 1.97 bits per heavy atom. The van der Waals surface area contributed by atoms with E-state index in [0.717, 1.165) is 0 Å². The average Bonchev–Trinajstić information content (AvgIpc) is 3.12. The lowest BCUT2D eigenvalue weighted by molar-refractivity contribution is -0.211. The Morgan fingerprint density at radius 3 is 2.63 bits per heavy atom. The molecule has 0 aromatic carbocycles. The molecule has 1 aliphatic rings. The van der Waals surface area contributed by atoms with Crippen molar-refractivity contribution in [3.8, 4) is 0 Å². The zero-order valence-electron chi connectivity index (χ0n) is 14.6. The standard InChI is InChI=1S/C10H16N5O12P3/c11-10-12-2-5-9(14-10)15(4-13-5)8-1-6(16)7(25-8)3-24-29(20,21)27-30(22,23)26-28(17,18)19/h2,4,6-8,16H,1,3H2,(H,20,21)(H,22,23)(H2,11,12,14)(H2,17,18,19)/p-1. The number of aliphatic hydroxyl groups excluding tert-OH is 1. The van der Waals surface area contributed by atoms with Crippen molar-refractivity contribution < 1.29 is 56.3 Å². The van der Waals surface area contributed by atoms with Crippen molar-refractivity contribution >= 4 is 40.6 Å². The van der Waals surface area contributed by atoms with Gasteiger partial charge in [-0.05, 0) is 0 Å². The lowest BCUT2D eigenvalue weighted by Crippen LogP contribution is -2.26. The number of fused-ring (bicyclic) bond motifs is 1. The highest BCUT2D eigenvalue weighted by Gasteiger charge is 2.39. The Labute approximate surface area is 166 Å². The maximum atomic E-state index is 11.7. The molecular weight excluding hydrogens is 475 g/mol. The van der Waals surface area contributed by atoms with E-state index in [-0.39, 0.29) is 12.4 Å². The summed E-state index contributed by atoms with van der Waals surface area (Å²) in [4.78, 5) is 49.4. The van der Waals surface area contributed by atoms with Crippen LogP contribution >= 0.6 is 23.5 Å². The molecule has 3 rings (SSSR count). The van der Waals surface area contributed by atoms with Crippen LogP contribution in [0.4, 0.5) is 5.95 Å². The van der Waals surface area contributed by atoms with E-state index in [1.807, 2.05) is 0 Å². The predicted octanol–water partition coefficient (Wildman–Crippen LogP) is -1.23. The fraction of sp³-hybridized carbons (Fsp3) is 0.500. The smallest absolute Gasteiger partial charge is 0.478 e. The van der Waals surface area contributed by atoms with Gasteiger partial charge < -0.3 is 35.2 Å². The van der Waals surface area contributed by atoms with Gasteiger partial charge in [0.25, 0.3) is 7.82 Å². The molecule has 168 valence electrons. The number of anilines is 1. The molecular formula is C10H15N5O12P3-. The molecule has 1 saturated heterocycles. The first-order chi connectivity index (χ1) is 13.7. The molecule has 0 saturated carbocycles. The summed E-state index contributed by atoms with van der Waals surface area (Å²) in [5.74, 6) is -0.0272. The summed E-state index contributed by atoms with van der Waals surface area (Å²) >= 11 is 0. The summed E-state index contributed by atoms with van der Waals surface area (Å²) in [5, 5.41) is 10.1. The van der Waals surface area contributed by atoms with Crippen molar-refractivity contribution in [1.29, 1.82) is 0 Å². The second-order valence-corrected chi connectivity index (χ2v) is 10.3. The average molecular weight is 490 g/mol. The maximum Gasteiger partial charge on any atom is 0.478 e. The number of nitrogen functional groups attached to an aromatic ring is 1. The van der Waals surface area contributed by atoms with Gasteiger partial charge in [-0.3, -0.25) is 13.7 Å². The van der Waals surface area contributed by atoms with E-state index >= 15 is 0 Å². The first kappa shape index (κ1) is 23.3. The van der Waals surface area contributed by atoms with Crippen LogP contribution in [0.5, 0.6) is 0 Å². The monoisotopic (exact) mass is 490 g/mol. The second kappa shape index (κ2) is 8.31. The first-order valence-corrected chi connectivity index (χ1v) is 12.3. The second-order valence-electron chi connectivity index (χ2n) is 5.89. The van der Waals surface area contributed by atoms with Gasteiger partial charge >= 0.3 is 15.6 Å². The lowest BCUT2D eigenvalue weighted by atomic mass is 10.2. The molecule has 0 spiro atoms. The molecule has 6 N–H and O–H groups in total. The van der Waals surface area contributed by atoms with Gasteiger partial charge in [0.15, 0.2) is 5.65 Å². The number of phosphoric acid groups is 3. The van der Waals surface area contributed by atoms with Crippen molar-refractivity contribution in [2.45, 2.75) is 24.9 Å². The minimum absolute atomic E-state index is 0.0126. The third kappa shape index (κ3) is 5.88. The Balaban J connectivity index is 1.64. The molecule has 1 fully saturated rings. The summed E-state index contributed by atoms with van der Waals surface area (Å²) in [5.41, 5.74) is 6.24. The third-order valence-electron chi connectivity index (χ3n) is 3.66. The number of hydrogen-bond donors (Lipinski definition) is 5. The van der Waals surface area contributed by atoms with Crippen molar-refractivity contribution in [2.24, 2.45) is 0 Å². The number of rotatable bonds is 8. The summed E-state index contributed by atoms with van der Waals surface area (Å²) in [7, 11) is -16.8. The van der Waals surface area contributed by atoms with Crippen molar-refractivity contribution in [1.82, 2.24) is 19.5 Å². The number of nitrogens with two attached hydrogens (primary N) is 1. The van der Waals surface area contributed by atoms with Crippen molar-refractivity contribution in [3.63, 3.8) is 0 Å². The SMILES string of the molecule is Nc1ncc2ncn(C3CC(O)C(COP(=O)(O)OP(=O)([O-])OP(=O)(O)O)O3)c2n1. The largest absolute Gasteiger partial charge is 0.756 e. The fourth-order valence-electron chi connectivity index (χ4n) is 2.55. The van der Waals surface area contributed by atoms with Crippen molar-refractivity contribution in [3.05, 3.63) is 12.5 Å². The van der Waals surface area contributed by atoms with Gasteiger partial charge in [-0.25, -0.2) is 27.7 Å². The zero-order chi connectivity index (χ0) is 22.3. The highest BCUT2D eigenvalue weighted by atomic mass is 31.3. The van der Waals surface area contributed by atoms with Gasteiger partial charge in [0.05, 0.1) is 25.2 Å². The van der Waals surface area contributed by atoms with E-state index in [4.69, 9.17) is 20.3 Å². The highest BCUT2D eigenvalue weighted by molar-refractivity contribution is 7.65. The first-order valence-electron chi connectivity index (χ1n) is 7.80. The Hall–Kier alpha value is -1.32. The summed E-state index contributed by atoms with van der Waals surface area (Å²) in [6.45, 7) is -0.814. The molecule has 1 aliphatic heterocycles. The molecule has 0 radical (unpaired) electrons. The molecule has 17 nitrogen and oxygen atoms in total. The Bertz CT molecular complexity index is 1070. The van der Waals surface area contributed by atoms with Crippen LogP contribution in [0.3, 0.4) is 0 Å². The van der Waals surface area contributed by atoms with Gasteiger partial charge in [0, 0.05) is 6.42 Å². The minimum Gasteiger partial charge on any atom is -0.756 e. The van der Waals surface area contributed by atoms with E-state index in [2.05, 4.69) is 28.1 Å². The molecule has 30 heavy (non-hydrogen) atoms. The number of aromatic nitrogens is 4. The van der Waals surface area contributed by atoms with Crippen LogP contribution in [0.15, 0.2) is 12.5 Å². The van der Waals surface area contributed by atoms with Crippen LogP contribution in [0.25, 0.3) is 11.2 Å². The number of aliphatic hydroxyl groups is 1. The van der Waals surface area contributed by atoms with Crippen molar-refractivity contribution in [2.75, 3.05) is 12.3 Å². The number of nitrogens with zero attached hydrogens (tertiary/aromatic N) is 4. The van der Waals surface area contributed by atoms with Gasteiger partial charge in [-0.2, -0.15) is 4.98 Å².